The first kappa shape index (κ1) is 26.5. The van der Waals surface area contributed by atoms with E-state index >= 15 is 0 Å². The Bertz CT molecular complexity index is 873. The molecule has 1 aliphatic heterocycles. The highest BCUT2D eigenvalue weighted by Crippen LogP contribution is 2.37. The van der Waals surface area contributed by atoms with Crippen LogP contribution in [0.15, 0.2) is 29.7 Å². The number of hydrogen-bond acceptors (Lipinski definition) is 11. The molecule has 1 saturated heterocycles. The predicted molar refractivity (Wildman–Crippen MR) is 119 cm³/mol. The van der Waals surface area contributed by atoms with Crippen molar-refractivity contribution < 1.29 is 44.2 Å². The number of allylic oxidation sites excluding steroid dienone is 1. The maximum absolute atomic E-state index is 12.1. The van der Waals surface area contributed by atoms with Gasteiger partial charge in [-0.05, 0) is 35.6 Å². The van der Waals surface area contributed by atoms with E-state index in [9.17, 15) is 25.2 Å². The highest BCUT2D eigenvalue weighted by molar-refractivity contribution is 8.02. The zero-order valence-electron chi connectivity index (χ0n) is 18.2. The SMILES string of the molecule is COc1cc(/C=C/C(=O)OC[C@H]2O[C@@H](S/C=C/CCC#N)[C@H](O)[C@@H](O)[C@@H]2O)cc(OC)c1O. The molecule has 2 rings (SSSR count). The van der Waals surface area contributed by atoms with Crippen molar-refractivity contribution in [1.82, 2.24) is 0 Å². The molecule has 1 aromatic carbocycles. The number of rotatable bonds is 10. The summed E-state index contributed by atoms with van der Waals surface area (Å²) in [6, 6.07) is 5.00. The lowest BCUT2D eigenvalue weighted by atomic mass is 10.0. The summed E-state index contributed by atoms with van der Waals surface area (Å²) >= 11 is 1.08. The third-order valence-corrected chi connectivity index (χ3v) is 5.71. The van der Waals surface area contributed by atoms with Gasteiger partial charge in [0.1, 0.15) is 36.5 Å². The van der Waals surface area contributed by atoms with E-state index in [4.69, 9.17) is 24.2 Å². The zero-order chi connectivity index (χ0) is 24.4. The summed E-state index contributed by atoms with van der Waals surface area (Å²) in [6.07, 6.45) is -0.178. The van der Waals surface area contributed by atoms with Crippen molar-refractivity contribution in [3.63, 3.8) is 0 Å². The Morgan fingerprint density at radius 2 is 1.85 bits per heavy atom. The molecule has 0 aliphatic carbocycles. The summed E-state index contributed by atoms with van der Waals surface area (Å²) in [7, 11) is 2.76. The summed E-state index contributed by atoms with van der Waals surface area (Å²) in [6.45, 7) is -0.356. The third kappa shape index (κ3) is 7.38. The fraction of sp³-hybridized carbons (Fsp3) is 0.455. The van der Waals surface area contributed by atoms with E-state index in [0.717, 1.165) is 17.8 Å². The fourth-order valence-electron chi connectivity index (χ4n) is 2.90. The lowest BCUT2D eigenvalue weighted by molar-refractivity contribution is -0.209. The number of nitrogens with zero attached hydrogens (tertiary/aromatic N) is 1. The molecule has 0 unspecified atom stereocenters. The first-order valence-electron chi connectivity index (χ1n) is 9.99. The molecule has 0 spiro atoms. The number of carbonyl (C=O) groups excluding carboxylic acids is 1. The third-order valence-electron chi connectivity index (χ3n) is 4.70. The summed E-state index contributed by atoms with van der Waals surface area (Å²) in [5, 5.41) is 50.5. The van der Waals surface area contributed by atoms with Crippen LogP contribution in [0, 0.1) is 11.3 Å². The molecule has 5 atom stereocenters. The molecule has 0 radical (unpaired) electrons. The number of unbranched alkanes of at least 4 members (excludes halogenated alkanes) is 1. The lowest BCUT2D eigenvalue weighted by Crippen LogP contribution is -2.57. The quantitative estimate of drug-likeness (QED) is 0.217. The van der Waals surface area contributed by atoms with Crippen LogP contribution in [-0.4, -0.2) is 77.1 Å². The summed E-state index contributed by atoms with van der Waals surface area (Å²) in [4.78, 5) is 12.1. The number of hydrogen-bond donors (Lipinski definition) is 4. The molecule has 1 aromatic rings. The van der Waals surface area contributed by atoms with E-state index < -0.39 is 35.8 Å². The van der Waals surface area contributed by atoms with Crippen LogP contribution >= 0.6 is 11.8 Å². The van der Waals surface area contributed by atoms with Gasteiger partial charge in [-0.3, -0.25) is 0 Å². The molecule has 0 bridgehead atoms. The number of ether oxygens (including phenoxy) is 4. The molecule has 0 amide bonds. The van der Waals surface area contributed by atoms with Crippen molar-refractivity contribution in [3.05, 3.63) is 35.3 Å². The Kier molecular flexibility index (Phi) is 10.5. The Hall–Kier alpha value is -2.75. The standard InChI is InChI=1S/C22H27NO9S/c1-29-14-10-13(11-15(30-2)18(14)25)6-7-17(24)31-12-16-19(26)20(27)21(28)22(32-16)33-9-5-3-4-8-23/h5-7,9-11,16,19-22,25-28H,3-4,12H2,1-2H3/b7-6+,9-5+/t16-,19-,20+,21-,22+/m1/s1. The molecule has 1 fully saturated rings. The van der Waals surface area contributed by atoms with Crippen LogP contribution in [-0.2, 0) is 14.3 Å². The fourth-order valence-corrected chi connectivity index (χ4v) is 3.83. The molecule has 11 heteroatoms. The molecule has 0 aromatic heterocycles. The van der Waals surface area contributed by atoms with Gasteiger partial charge in [-0.1, -0.05) is 17.8 Å². The largest absolute Gasteiger partial charge is 0.502 e. The van der Waals surface area contributed by atoms with E-state index in [2.05, 4.69) is 0 Å². The van der Waals surface area contributed by atoms with Gasteiger partial charge in [0.2, 0.25) is 5.75 Å². The van der Waals surface area contributed by atoms with Crippen molar-refractivity contribution >= 4 is 23.8 Å². The van der Waals surface area contributed by atoms with Gasteiger partial charge in [0.05, 0.1) is 20.3 Å². The second kappa shape index (κ2) is 13.1. The van der Waals surface area contributed by atoms with Crippen molar-refractivity contribution in [3.8, 4) is 23.3 Å². The normalized spacial score (nSPS) is 25.2. The number of nitriles is 1. The average molecular weight is 482 g/mol. The molecular weight excluding hydrogens is 454 g/mol. The first-order chi connectivity index (χ1) is 15.8. The summed E-state index contributed by atoms with van der Waals surface area (Å²) in [5.41, 5.74) is -0.386. The van der Waals surface area contributed by atoms with Gasteiger partial charge < -0.3 is 39.4 Å². The van der Waals surface area contributed by atoms with Crippen LogP contribution in [0.25, 0.3) is 6.08 Å². The van der Waals surface area contributed by atoms with Gasteiger partial charge in [-0.2, -0.15) is 5.26 Å². The van der Waals surface area contributed by atoms with Gasteiger partial charge in [0.25, 0.3) is 0 Å². The van der Waals surface area contributed by atoms with Crippen molar-refractivity contribution in [2.45, 2.75) is 42.7 Å². The maximum Gasteiger partial charge on any atom is 0.330 e. The number of aliphatic hydroxyl groups is 3. The van der Waals surface area contributed by atoms with Gasteiger partial charge in [-0.25, -0.2) is 4.79 Å². The van der Waals surface area contributed by atoms with Gasteiger partial charge in [0.15, 0.2) is 11.5 Å². The van der Waals surface area contributed by atoms with Crippen LogP contribution in [0.5, 0.6) is 17.2 Å². The number of aromatic hydroxyl groups is 1. The highest BCUT2D eigenvalue weighted by atomic mass is 32.2. The molecule has 10 nitrogen and oxygen atoms in total. The minimum absolute atomic E-state index is 0.166. The van der Waals surface area contributed by atoms with E-state index in [1.54, 1.807) is 11.5 Å². The molecule has 1 aliphatic rings. The highest BCUT2D eigenvalue weighted by Gasteiger charge is 2.44. The minimum atomic E-state index is -1.49. The Morgan fingerprint density at radius 1 is 1.18 bits per heavy atom. The van der Waals surface area contributed by atoms with E-state index in [-0.39, 0.29) is 23.9 Å². The van der Waals surface area contributed by atoms with E-state index in [1.807, 2.05) is 6.07 Å². The van der Waals surface area contributed by atoms with Crippen LogP contribution in [0.4, 0.5) is 0 Å². The molecule has 4 N–H and O–H groups in total. The topological polar surface area (TPSA) is 159 Å². The number of phenols is 1. The monoisotopic (exact) mass is 481 g/mol. The van der Waals surface area contributed by atoms with Crippen molar-refractivity contribution in [1.29, 1.82) is 5.26 Å². The predicted octanol–water partition coefficient (Wildman–Crippen LogP) is 1.32. The van der Waals surface area contributed by atoms with Gasteiger partial charge in [0, 0.05) is 12.5 Å². The van der Waals surface area contributed by atoms with Crippen LogP contribution in [0.2, 0.25) is 0 Å². The zero-order valence-corrected chi connectivity index (χ0v) is 19.0. The molecule has 180 valence electrons. The van der Waals surface area contributed by atoms with Gasteiger partial charge >= 0.3 is 5.97 Å². The van der Waals surface area contributed by atoms with E-state index in [1.165, 1.54) is 32.4 Å². The Morgan fingerprint density at radius 3 is 2.45 bits per heavy atom. The average Bonchev–Trinajstić information content (AvgIpc) is 2.82. The number of phenolic OH excluding ortho intramolecular Hbond substituents is 1. The van der Waals surface area contributed by atoms with Crippen molar-refractivity contribution in [2.24, 2.45) is 0 Å². The number of aliphatic hydroxyl groups excluding tert-OH is 3. The first-order valence-corrected chi connectivity index (χ1v) is 10.9. The second-order valence-corrected chi connectivity index (χ2v) is 7.97. The lowest BCUT2D eigenvalue weighted by Gasteiger charge is -2.39. The molecule has 1 heterocycles. The van der Waals surface area contributed by atoms with Gasteiger partial charge in [-0.15, -0.1) is 0 Å². The molecule has 0 saturated carbocycles. The van der Waals surface area contributed by atoms with Crippen LogP contribution in [0.3, 0.4) is 0 Å². The number of thioether (sulfide) groups is 1. The molecular formula is C22H27NO9S. The minimum Gasteiger partial charge on any atom is -0.502 e. The number of esters is 1. The maximum atomic E-state index is 12.1. The smallest absolute Gasteiger partial charge is 0.330 e. The van der Waals surface area contributed by atoms with Crippen LogP contribution in [0.1, 0.15) is 18.4 Å². The molecule has 33 heavy (non-hydrogen) atoms. The number of carbonyl (C=O) groups is 1. The van der Waals surface area contributed by atoms with E-state index in [0.29, 0.717) is 18.4 Å². The van der Waals surface area contributed by atoms with Crippen LogP contribution < -0.4 is 9.47 Å². The second-order valence-electron chi connectivity index (χ2n) is 6.96. The number of benzene rings is 1. The van der Waals surface area contributed by atoms with Crippen molar-refractivity contribution in [2.75, 3.05) is 20.8 Å². The number of methoxy groups -OCH3 is 2. The summed E-state index contributed by atoms with van der Waals surface area (Å²) < 4.78 is 20.8. The summed E-state index contributed by atoms with van der Waals surface area (Å²) in [5.74, 6) is -0.577. The Labute approximate surface area is 195 Å². The Balaban J connectivity index is 1.96.